The van der Waals surface area contributed by atoms with Crippen molar-refractivity contribution in [3.05, 3.63) is 29.3 Å². The molecule has 3 atom stereocenters. The number of aromatic hydroxyl groups is 1. The van der Waals surface area contributed by atoms with Gasteiger partial charge in [-0.1, -0.05) is 19.1 Å². The van der Waals surface area contributed by atoms with E-state index in [1.807, 2.05) is 12.1 Å². The highest BCUT2D eigenvalue weighted by Crippen LogP contribution is 2.72. The number of hydrogen-bond donors (Lipinski definition) is 2. The van der Waals surface area contributed by atoms with Gasteiger partial charge in [0, 0.05) is 29.0 Å². The van der Waals surface area contributed by atoms with E-state index in [1.54, 1.807) is 0 Å². The Morgan fingerprint density at radius 1 is 1.50 bits per heavy atom. The number of hydrogen-bond acceptors (Lipinski definition) is 2. The van der Waals surface area contributed by atoms with Crippen molar-refractivity contribution in [1.82, 2.24) is 5.32 Å². The third-order valence-electron chi connectivity index (χ3n) is 4.90. The molecule has 0 aromatic heterocycles. The molecule has 72 valence electrons. The van der Waals surface area contributed by atoms with Crippen LogP contribution in [-0.2, 0) is 10.8 Å². The summed E-state index contributed by atoms with van der Waals surface area (Å²) >= 11 is 0. The molecule has 14 heavy (non-hydrogen) atoms. The number of rotatable bonds is 0. The molecule has 2 aliphatic carbocycles. The van der Waals surface area contributed by atoms with E-state index in [1.165, 1.54) is 17.5 Å². The lowest BCUT2D eigenvalue weighted by atomic mass is 9.31. The predicted octanol–water partition coefficient (Wildman–Crippen LogP) is 1.28. The number of phenols is 1. The van der Waals surface area contributed by atoms with Crippen LogP contribution in [0.1, 0.15) is 24.5 Å². The minimum atomic E-state index is 0.299. The Labute approximate surface area is 82.9 Å². The summed E-state index contributed by atoms with van der Waals surface area (Å²) in [6.07, 6.45) is 1.24. The average molecular weight is 187 g/mol. The highest BCUT2D eigenvalue weighted by atomic mass is 16.3. The second kappa shape index (κ2) is 1.72. The van der Waals surface area contributed by atoms with Gasteiger partial charge in [-0.05, 0) is 18.1 Å². The molecule has 4 rings (SSSR count). The Hall–Kier alpha value is -1.02. The van der Waals surface area contributed by atoms with Gasteiger partial charge in [0.05, 0.1) is 0 Å². The minimum Gasteiger partial charge on any atom is -0.508 e. The van der Waals surface area contributed by atoms with E-state index in [9.17, 15) is 5.11 Å². The fourth-order valence-corrected chi connectivity index (χ4v) is 4.03. The molecule has 1 saturated heterocycles. The van der Waals surface area contributed by atoms with Crippen molar-refractivity contribution in [2.75, 3.05) is 6.54 Å². The molecule has 2 nitrogen and oxygen atoms in total. The van der Waals surface area contributed by atoms with Gasteiger partial charge in [0.1, 0.15) is 5.75 Å². The van der Waals surface area contributed by atoms with Crippen LogP contribution in [0.2, 0.25) is 0 Å². The van der Waals surface area contributed by atoms with Crippen LogP contribution in [-0.4, -0.2) is 17.7 Å². The summed E-state index contributed by atoms with van der Waals surface area (Å²) < 4.78 is 0. The molecule has 0 amide bonds. The fourth-order valence-electron chi connectivity index (χ4n) is 4.03. The van der Waals surface area contributed by atoms with Gasteiger partial charge in [0.2, 0.25) is 0 Å². The Morgan fingerprint density at radius 3 is 3.00 bits per heavy atom. The summed E-state index contributed by atoms with van der Waals surface area (Å²) in [6.45, 7) is 3.39. The fraction of sp³-hybridized carbons (Fsp3) is 0.500. The molecular formula is C12H13NO. The van der Waals surface area contributed by atoms with E-state index in [0.29, 0.717) is 22.6 Å². The zero-order chi connectivity index (χ0) is 9.55. The molecule has 1 aromatic carbocycles. The first-order valence-electron chi connectivity index (χ1n) is 5.26. The first kappa shape index (κ1) is 7.30. The van der Waals surface area contributed by atoms with Crippen molar-refractivity contribution in [3.63, 3.8) is 0 Å². The summed E-state index contributed by atoms with van der Waals surface area (Å²) in [5.74, 6) is 0.506. The highest BCUT2D eigenvalue weighted by molar-refractivity contribution is 5.68. The minimum absolute atomic E-state index is 0.299. The molecule has 3 aliphatic rings. The summed E-state index contributed by atoms with van der Waals surface area (Å²) in [5, 5.41) is 13.3. The Morgan fingerprint density at radius 2 is 2.36 bits per heavy atom. The lowest BCUT2D eigenvalue weighted by molar-refractivity contribution is -0.0763. The summed E-state index contributed by atoms with van der Waals surface area (Å²) in [5.41, 5.74) is 3.28. The van der Waals surface area contributed by atoms with E-state index in [-0.39, 0.29) is 0 Å². The van der Waals surface area contributed by atoms with Crippen LogP contribution < -0.4 is 5.32 Å². The standard InChI is InChI=1S/C12H13NO/c1-11-5-9-12(11,6-13-9)10-7(11)3-2-4-8(10)14/h2-4,9,13-14H,5-6H2,1H3. The van der Waals surface area contributed by atoms with E-state index in [4.69, 9.17) is 0 Å². The quantitative estimate of drug-likeness (QED) is 0.641. The monoisotopic (exact) mass is 187 g/mol. The number of phenolic OH excluding ortho intramolecular Hbond substituents is 1. The third-order valence-corrected chi connectivity index (χ3v) is 4.90. The lowest BCUT2D eigenvalue weighted by Crippen LogP contribution is -2.87. The maximum atomic E-state index is 9.88. The molecule has 1 heterocycles. The predicted molar refractivity (Wildman–Crippen MR) is 53.5 cm³/mol. The summed E-state index contributed by atoms with van der Waals surface area (Å²) in [4.78, 5) is 0. The zero-order valence-electron chi connectivity index (χ0n) is 8.17. The molecule has 3 unspecified atom stereocenters. The zero-order valence-corrected chi connectivity index (χ0v) is 8.17. The van der Waals surface area contributed by atoms with E-state index in [0.717, 1.165) is 6.54 Å². The summed E-state index contributed by atoms with van der Waals surface area (Å²) in [7, 11) is 0. The molecule has 0 bridgehead atoms. The van der Waals surface area contributed by atoms with Gasteiger partial charge in [-0.25, -0.2) is 0 Å². The molecule has 2 heteroatoms. The van der Waals surface area contributed by atoms with Gasteiger partial charge in [-0.15, -0.1) is 0 Å². The lowest BCUT2D eigenvalue weighted by Gasteiger charge is -2.77. The van der Waals surface area contributed by atoms with Gasteiger partial charge >= 0.3 is 0 Å². The van der Waals surface area contributed by atoms with Gasteiger partial charge in [0.25, 0.3) is 0 Å². The third kappa shape index (κ3) is 0.421. The Kier molecular flexibility index (Phi) is 0.896. The van der Waals surface area contributed by atoms with Gasteiger partial charge in [-0.3, -0.25) is 0 Å². The molecule has 2 N–H and O–H groups in total. The molecule has 1 spiro atoms. The van der Waals surface area contributed by atoms with Crippen LogP contribution >= 0.6 is 0 Å². The van der Waals surface area contributed by atoms with E-state index < -0.39 is 0 Å². The number of piperidine rings is 1. The maximum Gasteiger partial charge on any atom is 0.119 e. The molecule has 1 saturated carbocycles. The second-order valence-corrected chi connectivity index (χ2v) is 5.14. The average Bonchev–Trinajstić information content (AvgIpc) is 2.14. The number of benzene rings is 1. The van der Waals surface area contributed by atoms with Crippen molar-refractivity contribution < 1.29 is 5.11 Å². The SMILES string of the molecule is CC12CC3NCC31c1c(O)cccc12. The maximum absolute atomic E-state index is 9.88. The van der Waals surface area contributed by atoms with Crippen LogP contribution in [0.4, 0.5) is 0 Å². The van der Waals surface area contributed by atoms with Gasteiger partial charge < -0.3 is 10.4 Å². The summed E-state index contributed by atoms with van der Waals surface area (Å²) in [6, 6.07) is 6.59. The van der Waals surface area contributed by atoms with Crippen molar-refractivity contribution in [1.29, 1.82) is 0 Å². The van der Waals surface area contributed by atoms with Crippen molar-refractivity contribution >= 4 is 0 Å². The molecule has 1 aliphatic heterocycles. The highest BCUT2D eigenvalue weighted by Gasteiger charge is 2.76. The number of fused-ring (bicyclic) bond motifs is 2. The van der Waals surface area contributed by atoms with Crippen LogP contribution in [0.5, 0.6) is 5.75 Å². The van der Waals surface area contributed by atoms with Crippen LogP contribution in [0.15, 0.2) is 18.2 Å². The molecule has 1 aromatic rings. The van der Waals surface area contributed by atoms with Gasteiger partial charge in [-0.2, -0.15) is 0 Å². The smallest absolute Gasteiger partial charge is 0.119 e. The first-order valence-corrected chi connectivity index (χ1v) is 5.26. The Balaban J connectivity index is 2.03. The van der Waals surface area contributed by atoms with Crippen molar-refractivity contribution in [2.45, 2.75) is 30.2 Å². The van der Waals surface area contributed by atoms with Crippen molar-refractivity contribution in [3.8, 4) is 5.75 Å². The largest absolute Gasteiger partial charge is 0.508 e. The number of nitrogens with one attached hydrogen (secondary N) is 1. The van der Waals surface area contributed by atoms with E-state index in [2.05, 4.69) is 18.3 Å². The van der Waals surface area contributed by atoms with Crippen LogP contribution in [0.3, 0.4) is 0 Å². The molecule has 2 fully saturated rings. The normalized spacial score (nSPS) is 46.2. The molecule has 0 radical (unpaired) electrons. The molecular weight excluding hydrogens is 174 g/mol. The Bertz CT molecular complexity index is 456. The van der Waals surface area contributed by atoms with Crippen LogP contribution in [0, 0.1) is 0 Å². The topological polar surface area (TPSA) is 32.3 Å². The van der Waals surface area contributed by atoms with E-state index >= 15 is 0 Å². The van der Waals surface area contributed by atoms with Crippen LogP contribution in [0.25, 0.3) is 0 Å². The second-order valence-electron chi connectivity index (χ2n) is 5.14. The van der Waals surface area contributed by atoms with Crippen molar-refractivity contribution in [2.24, 2.45) is 0 Å². The first-order chi connectivity index (χ1) is 6.70. The van der Waals surface area contributed by atoms with Gasteiger partial charge in [0.15, 0.2) is 0 Å².